The molecule has 0 aromatic rings. The smallest absolute Gasteiger partial charge is 0.271 e. The van der Waals surface area contributed by atoms with E-state index in [-0.39, 0.29) is 5.38 Å². The van der Waals surface area contributed by atoms with Crippen molar-refractivity contribution < 1.29 is 10.2 Å². The van der Waals surface area contributed by atoms with Crippen LogP contribution in [-0.2, 0) is 0 Å². The second kappa shape index (κ2) is 8.52. The van der Waals surface area contributed by atoms with E-state index in [4.69, 9.17) is 33.4 Å². The summed E-state index contributed by atoms with van der Waals surface area (Å²) in [5, 5.41) is 16.7. The molecule has 0 fully saturated rings. The fraction of sp³-hybridized carbons (Fsp3) is 0.778. The molecule has 0 rings (SSSR count). The second-order valence-electron chi connectivity index (χ2n) is 2.93. The summed E-state index contributed by atoms with van der Waals surface area (Å²) in [7, 11) is 0. The molecule has 1 atom stereocenters. The van der Waals surface area contributed by atoms with Gasteiger partial charge in [-0.1, -0.05) is 19.3 Å². The molecule has 0 spiro atoms. The maximum atomic E-state index is 8.48. The summed E-state index contributed by atoms with van der Waals surface area (Å²) in [4.78, 5) is 0. The molecule has 0 aliphatic rings. The minimum absolute atomic E-state index is 0.277. The van der Waals surface area contributed by atoms with Gasteiger partial charge in [-0.15, -0.1) is 23.2 Å². The van der Waals surface area contributed by atoms with E-state index in [9.17, 15) is 0 Å². The number of aliphatic hydroxyl groups excluding tert-OH is 1. The van der Waals surface area contributed by atoms with E-state index in [0.29, 0.717) is 5.88 Å². The Labute approximate surface area is 89.2 Å². The van der Waals surface area contributed by atoms with Crippen molar-refractivity contribution in [1.29, 1.82) is 0 Å². The van der Waals surface area contributed by atoms with Crippen LogP contribution in [0.1, 0.15) is 32.1 Å². The predicted molar refractivity (Wildman–Crippen MR) is 56.8 cm³/mol. The van der Waals surface area contributed by atoms with E-state index in [0.717, 1.165) is 32.1 Å². The number of unbranched alkanes of at least 4 members (excludes halogenated alkanes) is 3. The van der Waals surface area contributed by atoms with Crippen LogP contribution < -0.4 is 0 Å². The average Bonchev–Trinajstić information content (AvgIpc) is 2.02. The minimum Gasteiger partial charge on any atom is -0.481 e. The third kappa shape index (κ3) is 9.84. The molecule has 78 valence electrons. The normalized spacial score (nSPS) is 12.5. The van der Waals surface area contributed by atoms with Crippen molar-refractivity contribution in [2.75, 3.05) is 5.88 Å². The van der Waals surface area contributed by atoms with Crippen LogP contribution in [0.3, 0.4) is 0 Å². The lowest BCUT2D eigenvalue weighted by Crippen LogP contribution is -1.95. The van der Waals surface area contributed by atoms with E-state index in [1.54, 1.807) is 0 Å². The summed E-state index contributed by atoms with van der Waals surface area (Å²) in [6.07, 6.45) is 6.25. The Balaban J connectivity index is 3.27. The molecule has 1 unspecified atom stereocenters. The van der Waals surface area contributed by atoms with Gasteiger partial charge in [-0.2, -0.15) is 0 Å². The zero-order valence-corrected chi connectivity index (χ0v) is 9.06. The number of halogens is 2. The summed E-state index contributed by atoms with van der Waals surface area (Å²) < 4.78 is 0. The van der Waals surface area contributed by atoms with E-state index in [1.165, 1.54) is 6.08 Å². The van der Waals surface area contributed by atoms with Gasteiger partial charge in [-0.25, -0.2) is 0 Å². The molecule has 0 heterocycles. The first-order valence-corrected chi connectivity index (χ1v) is 5.43. The first-order valence-electron chi connectivity index (χ1n) is 4.46. The number of allylic oxidation sites excluding steroid dienone is 1. The summed E-state index contributed by atoms with van der Waals surface area (Å²) in [5.74, 6) is 0.0162. The van der Waals surface area contributed by atoms with Gasteiger partial charge in [0.25, 0.3) is 5.95 Å². The maximum absolute atomic E-state index is 8.48. The molecule has 0 bridgehead atoms. The monoisotopic (exact) mass is 226 g/mol. The fourth-order valence-corrected chi connectivity index (χ4v) is 1.49. The van der Waals surface area contributed by atoms with E-state index in [2.05, 4.69) is 0 Å². The van der Waals surface area contributed by atoms with Gasteiger partial charge in [0.05, 0.1) is 5.38 Å². The Morgan fingerprint density at radius 3 is 2.31 bits per heavy atom. The van der Waals surface area contributed by atoms with Gasteiger partial charge in [0.2, 0.25) is 0 Å². The van der Waals surface area contributed by atoms with Crippen molar-refractivity contribution in [2.45, 2.75) is 37.5 Å². The minimum atomic E-state index is -0.694. The number of rotatable bonds is 7. The SMILES string of the molecule is OC(O)=CC(Cl)CCCCCCCl. The van der Waals surface area contributed by atoms with Crippen molar-refractivity contribution in [3.8, 4) is 0 Å². The Morgan fingerprint density at radius 1 is 1.15 bits per heavy atom. The topological polar surface area (TPSA) is 40.5 Å². The molecule has 0 radical (unpaired) electrons. The fourth-order valence-electron chi connectivity index (χ4n) is 1.03. The maximum Gasteiger partial charge on any atom is 0.271 e. The Kier molecular flexibility index (Phi) is 8.46. The van der Waals surface area contributed by atoms with Crippen LogP contribution in [-0.4, -0.2) is 21.5 Å². The Hall–Kier alpha value is -0.0800. The highest BCUT2D eigenvalue weighted by molar-refractivity contribution is 6.21. The Bertz CT molecular complexity index is 145. The first-order chi connectivity index (χ1) is 6.16. The van der Waals surface area contributed by atoms with Crippen LogP contribution in [0.25, 0.3) is 0 Å². The second-order valence-corrected chi connectivity index (χ2v) is 3.87. The number of hydrogen-bond acceptors (Lipinski definition) is 2. The van der Waals surface area contributed by atoms with Crippen LogP contribution in [0.2, 0.25) is 0 Å². The zero-order chi connectivity index (χ0) is 10.1. The summed E-state index contributed by atoms with van der Waals surface area (Å²) in [6, 6.07) is 0. The molecule has 2 nitrogen and oxygen atoms in total. The van der Waals surface area contributed by atoms with Gasteiger partial charge in [0.15, 0.2) is 0 Å². The lowest BCUT2D eigenvalue weighted by atomic mass is 10.1. The van der Waals surface area contributed by atoms with Gasteiger partial charge in [0, 0.05) is 12.0 Å². The van der Waals surface area contributed by atoms with Crippen molar-refractivity contribution >= 4 is 23.2 Å². The Morgan fingerprint density at radius 2 is 1.77 bits per heavy atom. The van der Waals surface area contributed by atoms with Gasteiger partial charge >= 0.3 is 0 Å². The molecule has 2 N–H and O–H groups in total. The van der Waals surface area contributed by atoms with E-state index < -0.39 is 5.95 Å². The summed E-state index contributed by atoms with van der Waals surface area (Å²) in [6.45, 7) is 0. The largest absolute Gasteiger partial charge is 0.481 e. The zero-order valence-electron chi connectivity index (χ0n) is 7.55. The molecule has 13 heavy (non-hydrogen) atoms. The molecular formula is C9H16Cl2O2. The van der Waals surface area contributed by atoms with Gasteiger partial charge in [-0.05, 0) is 12.8 Å². The van der Waals surface area contributed by atoms with E-state index in [1.807, 2.05) is 0 Å². The molecule has 0 aliphatic carbocycles. The third-order valence-corrected chi connectivity index (χ3v) is 2.30. The number of alkyl halides is 2. The number of hydrogen-bond donors (Lipinski definition) is 2. The summed E-state index contributed by atoms with van der Waals surface area (Å²) >= 11 is 11.3. The van der Waals surface area contributed by atoms with Crippen molar-refractivity contribution in [3.05, 3.63) is 12.0 Å². The lowest BCUT2D eigenvalue weighted by molar-refractivity contribution is 0.189. The van der Waals surface area contributed by atoms with E-state index >= 15 is 0 Å². The molecular weight excluding hydrogens is 211 g/mol. The van der Waals surface area contributed by atoms with Gasteiger partial charge in [0.1, 0.15) is 0 Å². The van der Waals surface area contributed by atoms with Crippen LogP contribution >= 0.6 is 23.2 Å². The standard InChI is InChI=1S/C9H16Cl2O2/c10-6-4-2-1-3-5-8(11)7-9(12)13/h7-8,12-13H,1-6H2. The number of aliphatic hydroxyl groups is 2. The van der Waals surface area contributed by atoms with Crippen LogP contribution in [0.15, 0.2) is 12.0 Å². The molecule has 0 amide bonds. The molecule has 4 heteroatoms. The third-order valence-electron chi connectivity index (χ3n) is 1.69. The quantitative estimate of drug-likeness (QED) is 0.395. The molecule has 0 aromatic carbocycles. The average molecular weight is 227 g/mol. The van der Waals surface area contributed by atoms with Crippen LogP contribution in [0.4, 0.5) is 0 Å². The van der Waals surface area contributed by atoms with Crippen LogP contribution in [0.5, 0.6) is 0 Å². The van der Waals surface area contributed by atoms with Crippen molar-refractivity contribution in [3.63, 3.8) is 0 Å². The predicted octanol–water partition coefficient (Wildman–Crippen LogP) is 3.74. The van der Waals surface area contributed by atoms with Gasteiger partial charge < -0.3 is 10.2 Å². The molecule has 0 aromatic heterocycles. The summed E-state index contributed by atoms with van der Waals surface area (Å²) in [5.41, 5.74) is 0. The first kappa shape index (κ1) is 12.9. The highest BCUT2D eigenvalue weighted by Gasteiger charge is 2.01. The van der Waals surface area contributed by atoms with Crippen molar-refractivity contribution in [2.24, 2.45) is 0 Å². The molecule has 0 aliphatic heterocycles. The molecule has 0 saturated heterocycles. The lowest BCUT2D eigenvalue weighted by Gasteiger charge is -2.03. The molecule has 0 saturated carbocycles. The van der Waals surface area contributed by atoms with Crippen LogP contribution in [0, 0.1) is 0 Å². The highest BCUT2D eigenvalue weighted by Crippen LogP contribution is 2.12. The van der Waals surface area contributed by atoms with Crippen molar-refractivity contribution in [1.82, 2.24) is 0 Å². The highest BCUT2D eigenvalue weighted by atomic mass is 35.5. The van der Waals surface area contributed by atoms with Gasteiger partial charge in [-0.3, -0.25) is 0 Å².